The van der Waals surface area contributed by atoms with Gasteiger partial charge in [0, 0.05) is 0 Å². The minimum absolute atomic E-state index is 0.0451. The lowest BCUT2D eigenvalue weighted by atomic mass is 10.0. The second kappa shape index (κ2) is 6.25. The molecule has 102 valence electrons. The molecule has 0 aromatic heterocycles. The smallest absolute Gasteiger partial charge is 0.230 e. The molecule has 3 N–H and O–H groups in total. The Labute approximate surface area is 121 Å². The third-order valence-corrected chi connectivity index (χ3v) is 2.81. The SMILES string of the molecule is NC(=S)NC(=O)Cc1cccc(-c2cccc(F)c2)c1. The van der Waals surface area contributed by atoms with Gasteiger partial charge in [0.2, 0.25) is 5.91 Å². The van der Waals surface area contributed by atoms with Gasteiger partial charge in [-0.05, 0) is 41.0 Å². The highest BCUT2D eigenvalue weighted by Crippen LogP contribution is 2.21. The average Bonchev–Trinajstić information content (AvgIpc) is 2.38. The zero-order valence-corrected chi connectivity index (χ0v) is 11.4. The monoisotopic (exact) mass is 288 g/mol. The van der Waals surface area contributed by atoms with E-state index in [0.29, 0.717) is 0 Å². The molecule has 0 saturated heterocycles. The number of amides is 1. The standard InChI is InChI=1S/C15H13FN2OS/c16-13-6-2-5-12(9-13)11-4-1-3-10(7-11)8-14(19)18-15(17)20/h1-7,9H,8H2,(H3,17,18,19,20). The third-order valence-electron chi connectivity index (χ3n) is 2.71. The molecule has 0 fully saturated rings. The molecule has 2 rings (SSSR count). The molecular formula is C15H13FN2OS. The van der Waals surface area contributed by atoms with Gasteiger partial charge in [-0.2, -0.15) is 0 Å². The van der Waals surface area contributed by atoms with Gasteiger partial charge in [-0.25, -0.2) is 4.39 Å². The summed E-state index contributed by atoms with van der Waals surface area (Å²) in [5.41, 5.74) is 7.67. The minimum Gasteiger partial charge on any atom is -0.376 e. The van der Waals surface area contributed by atoms with Crippen LogP contribution in [0.15, 0.2) is 48.5 Å². The number of carbonyl (C=O) groups excluding carboxylic acids is 1. The fraction of sp³-hybridized carbons (Fsp3) is 0.0667. The van der Waals surface area contributed by atoms with Crippen molar-refractivity contribution in [1.29, 1.82) is 0 Å². The number of nitrogens with one attached hydrogen (secondary N) is 1. The Morgan fingerprint density at radius 1 is 1.15 bits per heavy atom. The highest BCUT2D eigenvalue weighted by atomic mass is 32.1. The molecule has 2 aromatic carbocycles. The maximum Gasteiger partial charge on any atom is 0.230 e. The van der Waals surface area contributed by atoms with Crippen LogP contribution in [-0.2, 0) is 11.2 Å². The predicted octanol–water partition coefficient (Wildman–Crippen LogP) is 2.40. The van der Waals surface area contributed by atoms with Crippen LogP contribution in [0.25, 0.3) is 11.1 Å². The highest BCUT2D eigenvalue weighted by molar-refractivity contribution is 7.80. The van der Waals surface area contributed by atoms with E-state index in [1.54, 1.807) is 6.07 Å². The highest BCUT2D eigenvalue weighted by Gasteiger charge is 2.06. The first-order valence-electron chi connectivity index (χ1n) is 5.99. The molecule has 3 nitrogen and oxygen atoms in total. The van der Waals surface area contributed by atoms with Crippen molar-refractivity contribution < 1.29 is 9.18 Å². The molecule has 0 aliphatic rings. The lowest BCUT2D eigenvalue weighted by molar-refractivity contribution is -0.119. The van der Waals surface area contributed by atoms with E-state index >= 15 is 0 Å². The van der Waals surface area contributed by atoms with Gasteiger partial charge in [0.1, 0.15) is 5.82 Å². The molecule has 5 heteroatoms. The summed E-state index contributed by atoms with van der Waals surface area (Å²) in [6.45, 7) is 0. The molecule has 0 spiro atoms. The predicted molar refractivity (Wildman–Crippen MR) is 80.5 cm³/mol. The van der Waals surface area contributed by atoms with Crippen molar-refractivity contribution in [2.45, 2.75) is 6.42 Å². The Morgan fingerprint density at radius 2 is 1.80 bits per heavy atom. The minimum atomic E-state index is -0.292. The lowest BCUT2D eigenvalue weighted by Gasteiger charge is -2.06. The molecule has 20 heavy (non-hydrogen) atoms. The Balaban J connectivity index is 2.20. The number of benzene rings is 2. The lowest BCUT2D eigenvalue weighted by Crippen LogP contribution is -2.35. The largest absolute Gasteiger partial charge is 0.376 e. The molecule has 0 aliphatic heterocycles. The first-order valence-corrected chi connectivity index (χ1v) is 6.39. The molecule has 0 atom stereocenters. The third kappa shape index (κ3) is 3.86. The fourth-order valence-electron chi connectivity index (χ4n) is 1.90. The van der Waals surface area contributed by atoms with Gasteiger partial charge in [-0.15, -0.1) is 0 Å². The summed E-state index contributed by atoms with van der Waals surface area (Å²) in [5.74, 6) is -0.562. The summed E-state index contributed by atoms with van der Waals surface area (Å²) >= 11 is 4.61. The summed E-state index contributed by atoms with van der Waals surface area (Å²) in [5, 5.41) is 2.32. The van der Waals surface area contributed by atoms with Gasteiger partial charge < -0.3 is 11.1 Å². The average molecular weight is 288 g/mol. The molecule has 0 bridgehead atoms. The van der Waals surface area contributed by atoms with Crippen molar-refractivity contribution in [2.24, 2.45) is 5.73 Å². The zero-order valence-electron chi connectivity index (χ0n) is 10.6. The zero-order chi connectivity index (χ0) is 14.5. The maximum atomic E-state index is 13.2. The van der Waals surface area contributed by atoms with Crippen molar-refractivity contribution >= 4 is 23.2 Å². The molecule has 0 radical (unpaired) electrons. The molecular weight excluding hydrogens is 275 g/mol. The first-order chi connectivity index (χ1) is 9.54. The first kappa shape index (κ1) is 14.1. The van der Waals surface area contributed by atoms with Crippen molar-refractivity contribution in [3.8, 4) is 11.1 Å². The van der Waals surface area contributed by atoms with Crippen LogP contribution in [0.4, 0.5) is 4.39 Å². The summed E-state index contributed by atoms with van der Waals surface area (Å²) in [6.07, 6.45) is 0.167. The summed E-state index contributed by atoms with van der Waals surface area (Å²) < 4.78 is 13.2. The molecule has 1 amide bonds. The van der Waals surface area contributed by atoms with Crippen LogP contribution in [0.3, 0.4) is 0 Å². The van der Waals surface area contributed by atoms with Gasteiger partial charge >= 0.3 is 0 Å². The van der Waals surface area contributed by atoms with E-state index in [0.717, 1.165) is 16.7 Å². The molecule has 0 unspecified atom stereocenters. The van der Waals surface area contributed by atoms with Crippen LogP contribution in [0.5, 0.6) is 0 Å². The van der Waals surface area contributed by atoms with E-state index in [1.165, 1.54) is 12.1 Å². The van der Waals surface area contributed by atoms with Crippen molar-refractivity contribution in [3.63, 3.8) is 0 Å². The fourth-order valence-corrected chi connectivity index (χ4v) is 2.01. The Hall–Kier alpha value is -2.27. The van der Waals surface area contributed by atoms with Gasteiger partial charge in [0.05, 0.1) is 6.42 Å². The van der Waals surface area contributed by atoms with E-state index in [4.69, 9.17) is 5.73 Å². The van der Waals surface area contributed by atoms with E-state index in [-0.39, 0.29) is 23.3 Å². The van der Waals surface area contributed by atoms with Crippen molar-refractivity contribution in [1.82, 2.24) is 5.32 Å². The second-order valence-electron chi connectivity index (χ2n) is 4.30. The summed E-state index contributed by atoms with van der Waals surface area (Å²) in [7, 11) is 0. The van der Waals surface area contributed by atoms with Crippen LogP contribution >= 0.6 is 12.2 Å². The van der Waals surface area contributed by atoms with E-state index in [1.807, 2.05) is 30.3 Å². The van der Waals surface area contributed by atoms with Crippen LogP contribution in [-0.4, -0.2) is 11.0 Å². The summed E-state index contributed by atoms with van der Waals surface area (Å²) in [4.78, 5) is 11.6. The molecule has 0 saturated carbocycles. The molecule has 0 heterocycles. The molecule has 0 aliphatic carbocycles. The number of hydrogen-bond acceptors (Lipinski definition) is 2. The van der Waals surface area contributed by atoms with Gasteiger partial charge in [-0.3, -0.25) is 4.79 Å². The van der Waals surface area contributed by atoms with E-state index in [9.17, 15) is 9.18 Å². The number of nitrogens with two attached hydrogens (primary N) is 1. The van der Waals surface area contributed by atoms with E-state index in [2.05, 4.69) is 17.5 Å². The second-order valence-corrected chi connectivity index (χ2v) is 4.74. The Bertz CT molecular complexity index is 658. The number of carbonyl (C=O) groups is 1. The Morgan fingerprint density at radius 3 is 2.45 bits per heavy atom. The summed E-state index contributed by atoms with van der Waals surface area (Å²) in [6, 6.07) is 13.7. The van der Waals surface area contributed by atoms with Crippen molar-refractivity contribution in [2.75, 3.05) is 0 Å². The van der Waals surface area contributed by atoms with Crippen LogP contribution < -0.4 is 11.1 Å². The van der Waals surface area contributed by atoms with Crippen molar-refractivity contribution in [3.05, 3.63) is 59.9 Å². The number of hydrogen-bond donors (Lipinski definition) is 2. The van der Waals surface area contributed by atoms with Gasteiger partial charge in [0.15, 0.2) is 5.11 Å². The maximum absolute atomic E-state index is 13.2. The quantitative estimate of drug-likeness (QED) is 0.853. The molecule has 2 aromatic rings. The normalized spacial score (nSPS) is 10.1. The van der Waals surface area contributed by atoms with Crippen LogP contribution in [0.2, 0.25) is 0 Å². The van der Waals surface area contributed by atoms with Crippen LogP contribution in [0, 0.1) is 5.82 Å². The topological polar surface area (TPSA) is 55.1 Å². The number of thiocarbonyl (C=S) groups is 1. The van der Waals surface area contributed by atoms with E-state index < -0.39 is 0 Å². The van der Waals surface area contributed by atoms with Gasteiger partial charge in [-0.1, -0.05) is 36.4 Å². The van der Waals surface area contributed by atoms with Crippen LogP contribution in [0.1, 0.15) is 5.56 Å². The van der Waals surface area contributed by atoms with Gasteiger partial charge in [0.25, 0.3) is 0 Å². The number of halogens is 1. The Kier molecular flexibility index (Phi) is 4.42. The number of rotatable bonds is 3.